The summed E-state index contributed by atoms with van der Waals surface area (Å²) in [5.41, 5.74) is 2.31. The Morgan fingerprint density at radius 1 is 1.53 bits per heavy atom. The van der Waals surface area contributed by atoms with Crippen LogP contribution in [0.5, 0.6) is 0 Å². The van der Waals surface area contributed by atoms with Gasteiger partial charge in [0.15, 0.2) is 0 Å². The Hall–Kier alpha value is -1.66. The van der Waals surface area contributed by atoms with E-state index in [9.17, 15) is 4.79 Å². The van der Waals surface area contributed by atoms with E-state index in [4.69, 9.17) is 0 Å². The van der Waals surface area contributed by atoms with Crippen molar-refractivity contribution in [2.75, 3.05) is 19.6 Å². The molecule has 1 saturated heterocycles. The van der Waals surface area contributed by atoms with Gasteiger partial charge in [0.1, 0.15) is 5.52 Å². The normalized spacial score (nSPS) is 14.8. The van der Waals surface area contributed by atoms with Gasteiger partial charge in [-0.15, -0.1) is 17.5 Å². The molecule has 1 fully saturated rings. The number of amides is 1. The van der Waals surface area contributed by atoms with E-state index in [0.29, 0.717) is 11.5 Å². The van der Waals surface area contributed by atoms with Crippen LogP contribution in [0.4, 0.5) is 0 Å². The second-order valence-corrected chi connectivity index (χ2v) is 4.65. The van der Waals surface area contributed by atoms with Crippen LogP contribution < -0.4 is 10.6 Å². The Morgan fingerprint density at radius 3 is 3.00 bits per heavy atom. The number of hydrogen-bond acceptors (Lipinski definition) is 4. The lowest BCUT2D eigenvalue weighted by Gasteiger charge is -2.27. The van der Waals surface area contributed by atoms with Crippen molar-refractivity contribution in [1.82, 2.24) is 25.6 Å². The molecule has 1 amide bonds. The number of nitrogens with one attached hydrogen (secondary N) is 2. The summed E-state index contributed by atoms with van der Waals surface area (Å²) >= 11 is 0. The van der Waals surface area contributed by atoms with Crippen molar-refractivity contribution in [3.8, 4) is 0 Å². The molecular weight excluding hydrogens is 266 g/mol. The summed E-state index contributed by atoms with van der Waals surface area (Å²) in [5.74, 6) is 0.517. The first-order valence-corrected chi connectivity index (χ1v) is 6.02. The smallest absolute Gasteiger partial charge is 0.251 e. The molecule has 102 valence electrons. The number of carbonyl (C=O) groups excluding carboxylic acids is 1. The van der Waals surface area contributed by atoms with Crippen LogP contribution >= 0.6 is 12.4 Å². The predicted octanol–water partition coefficient (Wildman–Crippen LogP) is 0.339. The number of aromatic nitrogens is 3. The lowest BCUT2D eigenvalue weighted by molar-refractivity contribution is 0.0942. The van der Waals surface area contributed by atoms with Gasteiger partial charge >= 0.3 is 0 Å². The fourth-order valence-electron chi connectivity index (χ4n) is 2.01. The molecule has 0 unspecified atom stereocenters. The molecule has 0 atom stereocenters. The fourth-order valence-corrected chi connectivity index (χ4v) is 2.01. The molecular formula is C12H16ClN5O. The highest BCUT2D eigenvalue weighted by Gasteiger charge is 2.17. The number of fused-ring (bicyclic) bond motifs is 1. The van der Waals surface area contributed by atoms with E-state index >= 15 is 0 Å². The maximum atomic E-state index is 12.0. The molecule has 0 bridgehead atoms. The lowest BCUT2D eigenvalue weighted by Crippen LogP contribution is -2.48. The Kier molecular flexibility index (Phi) is 4.01. The van der Waals surface area contributed by atoms with Crippen LogP contribution in [0.1, 0.15) is 10.4 Å². The van der Waals surface area contributed by atoms with Crippen molar-refractivity contribution in [3.05, 3.63) is 23.8 Å². The van der Waals surface area contributed by atoms with Gasteiger partial charge in [-0.2, -0.15) is 0 Å². The van der Waals surface area contributed by atoms with Gasteiger partial charge in [-0.3, -0.25) is 4.79 Å². The number of rotatable bonds is 3. The lowest BCUT2D eigenvalue weighted by atomic mass is 10.0. The molecule has 2 N–H and O–H groups in total. The van der Waals surface area contributed by atoms with Crippen molar-refractivity contribution < 1.29 is 4.79 Å². The van der Waals surface area contributed by atoms with Crippen molar-refractivity contribution in [2.45, 2.75) is 0 Å². The summed E-state index contributed by atoms with van der Waals surface area (Å²) in [7, 11) is 1.83. The van der Waals surface area contributed by atoms with E-state index < -0.39 is 0 Å². The standard InChI is InChI=1S/C12H15N5O.ClH/c1-17-11-3-2-9(4-10(11)15-16-17)12(18)14-7-8-5-13-6-8;/h2-4,8,13H,5-7H2,1H3,(H,14,18);1H. The van der Waals surface area contributed by atoms with Crippen LogP contribution in [0.25, 0.3) is 11.0 Å². The molecule has 0 radical (unpaired) electrons. The van der Waals surface area contributed by atoms with E-state index in [2.05, 4.69) is 20.9 Å². The van der Waals surface area contributed by atoms with Gasteiger partial charge in [-0.25, -0.2) is 4.68 Å². The molecule has 0 saturated carbocycles. The van der Waals surface area contributed by atoms with Gasteiger partial charge in [0.25, 0.3) is 5.91 Å². The first-order chi connectivity index (χ1) is 8.74. The zero-order valence-electron chi connectivity index (χ0n) is 10.6. The molecule has 19 heavy (non-hydrogen) atoms. The molecule has 6 nitrogen and oxygen atoms in total. The van der Waals surface area contributed by atoms with E-state index in [1.165, 1.54) is 0 Å². The molecule has 2 aromatic rings. The van der Waals surface area contributed by atoms with Crippen molar-refractivity contribution in [1.29, 1.82) is 0 Å². The maximum Gasteiger partial charge on any atom is 0.251 e. The number of nitrogens with zero attached hydrogens (tertiary/aromatic N) is 3. The van der Waals surface area contributed by atoms with E-state index in [-0.39, 0.29) is 18.3 Å². The summed E-state index contributed by atoms with van der Waals surface area (Å²) in [5, 5.41) is 14.0. The molecule has 0 aliphatic carbocycles. The highest BCUT2D eigenvalue weighted by molar-refractivity contribution is 5.97. The molecule has 7 heteroatoms. The highest BCUT2D eigenvalue weighted by atomic mass is 35.5. The van der Waals surface area contributed by atoms with Crippen LogP contribution in [0.3, 0.4) is 0 Å². The number of carbonyl (C=O) groups is 1. The number of halogens is 1. The van der Waals surface area contributed by atoms with Crippen molar-refractivity contribution in [3.63, 3.8) is 0 Å². The first kappa shape index (κ1) is 13.8. The van der Waals surface area contributed by atoms with Gasteiger partial charge in [-0.05, 0) is 18.2 Å². The van der Waals surface area contributed by atoms with Gasteiger partial charge in [0.2, 0.25) is 0 Å². The second kappa shape index (κ2) is 5.54. The van der Waals surface area contributed by atoms with Crippen LogP contribution in [0, 0.1) is 5.92 Å². The summed E-state index contributed by atoms with van der Waals surface area (Å²) in [6.45, 7) is 2.71. The fraction of sp³-hybridized carbons (Fsp3) is 0.417. The molecule has 0 spiro atoms. The number of benzene rings is 1. The van der Waals surface area contributed by atoms with Gasteiger partial charge < -0.3 is 10.6 Å². The molecule has 2 heterocycles. The van der Waals surface area contributed by atoms with Crippen molar-refractivity contribution in [2.24, 2.45) is 13.0 Å². The number of hydrogen-bond donors (Lipinski definition) is 2. The Labute approximate surface area is 117 Å². The average Bonchev–Trinajstić information content (AvgIpc) is 2.68. The third-order valence-corrected chi connectivity index (χ3v) is 3.29. The summed E-state index contributed by atoms with van der Waals surface area (Å²) in [6, 6.07) is 5.45. The Morgan fingerprint density at radius 2 is 2.32 bits per heavy atom. The Balaban J connectivity index is 0.00000133. The average molecular weight is 282 g/mol. The van der Waals surface area contributed by atoms with E-state index in [0.717, 1.165) is 30.7 Å². The van der Waals surface area contributed by atoms with Crippen molar-refractivity contribution >= 4 is 29.3 Å². The third-order valence-electron chi connectivity index (χ3n) is 3.29. The van der Waals surface area contributed by atoms with Crippen LogP contribution in [0.2, 0.25) is 0 Å². The minimum Gasteiger partial charge on any atom is -0.352 e. The molecule has 1 aliphatic heterocycles. The van der Waals surface area contributed by atoms with Crippen LogP contribution in [-0.4, -0.2) is 40.5 Å². The van der Waals surface area contributed by atoms with E-state index in [1.54, 1.807) is 16.8 Å². The van der Waals surface area contributed by atoms with E-state index in [1.807, 2.05) is 13.1 Å². The van der Waals surface area contributed by atoms with Crippen LogP contribution in [0.15, 0.2) is 18.2 Å². The zero-order chi connectivity index (χ0) is 12.5. The minimum absolute atomic E-state index is 0. The van der Waals surface area contributed by atoms with Gasteiger partial charge in [-0.1, -0.05) is 5.21 Å². The van der Waals surface area contributed by atoms with Crippen LogP contribution in [-0.2, 0) is 7.05 Å². The second-order valence-electron chi connectivity index (χ2n) is 4.65. The number of aryl methyl sites for hydroxylation is 1. The quantitative estimate of drug-likeness (QED) is 0.851. The third kappa shape index (κ3) is 2.69. The Bertz CT molecular complexity index is 593. The van der Waals surface area contributed by atoms with Gasteiger partial charge in [0, 0.05) is 38.2 Å². The largest absolute Gasteiger partial charge is 0.352 e. The summed E-state index contributed by atoms with van der Waals surface area (Å²) in [6.07, 6.45) is 0. The SMILES string of the molecule is Cl.Cn1nnc2cc(C(=O)NCC3CNC3)ccc21. The monoisotopic (exact) mass is 281 g/mol. The minimum atomic E-state index is -0.0468. The summed E-state index contributed by atoms with van der Waals surface area (Å²) < 4.78 is 1.69. The molecule has 3 rings (SSSR count). The molecule has 1 aromatic heterocycles. The summed E-state index contributed by atoms with van der Waals surface area (Å²) in [4.78, 5) is 12.0. The van der Waals surface area contributed by atoms with Gasteiger partial charge in [0.05, 0.1) is 5.52 Å². The highest BCUT2D eigenvalue weighted by Crippen LogP contribution is 2.12. The topological polar surface area (TPSA) is 71.8 Å². The predicted molar refractivity (Wildman–Crippen MR) is 74.4 cm³/mol. The first-order valence-electron chi connectivity index (χ1n) is 6.02. The molecule has 1 aliphatic rings. The maximum absolute atomic E-state index is 12.0. The molecule has 1 aromatic carbocycles. The zero-order valence-corrected chi connectivity index (χ0v) is 11.4.